The van der Waals surface area contributed by atoms with E-state index in [9.17, 15) is 9.59 Å². The van der Waals surface area contributed by atoms with Crippen LogP contribution < -0.4 is 0 Å². The molecule has 1 saturated heterocycles. The third-order valence-electron chi connectivity index (χ3n) is 2.40. The Balaban J connectivity index is 0.00000172. The lowest BCUT2D eigenvalue weighted by atomic mass is 10.2. The van der Waals surface area contributed by atoms with Crippen molar-refractivity contribution in [2.24, 2.45) is 0 Å². The van der Waals surface area contributed by atoms with Gasteiger partial charge in [-0.2, -0.15) is 0 Å². The van der Waals surface area contributed by atoms with E-state index in [0.29, 0.717) is 13.1 Å². The quantitative estimate of drug-likeness (QED) is 0.696. The van der Waals surface area contributed by atoms with Crippen LogP contribution in [0.1, 0.15) is 41.0 Å². The Labute approximate surface area is 121 Å². The lowest BCUT2D eigenvalue weighted by Gasteiger charge is -2.31. The van der Waals surface area contributed by atoms with Crippen molar-refractivity contribution in [1.29, 1.82) is 0 Å². The van der Waals surface area contributed by atoms with Crippen LogP contribution in [0.2, 0.25) is 0 Å². The number of hydrogen-bond acceptors (Lipinski definition) is 4. The van der Waals surface area contributed by atoms with E-state index >= 15 is 0 Å². The molecular weight excluding hydrogens is 262 g/mol. The van der Waals surface area contributed by atoms with Crippen LogP contribution in [0.5, 0.6) is 0 Å². The van der Waals surface area contributed by atoms with Gasteiger partial charge in [-0.3, -0.25) is 4.84 Å². The highest BCUT2D eigenvalue weighted by molar-refractivity contribution is 5.77. The second-order valence-corrected chi connectivity index (χ2v) is 5.04. The Morgan fingerprint density at radius 3 is 2.05 bits per heavy atom. The van der Waals surface area contributed by atoms with Crippen LogP contribution in [0.15, 0.2) is 0 Å². The van der Waals surface area contributed by atoms with E-state index < -0.39 is 11.7 Å². The summed E-state index contributed by atoms with van der Waals surface area (Å²) in [6.45, 7) is 10.3. The molecule has 118 valence electrons. The van der Waals surface area contributed by atoms with Gasteiger partial charge >= 0.3 is 12.1 Å². The van der Waals surface area contributed by atoms with Crippen LogP contribution >= 0.6 is 0 Å². The second kappa shape index (κ2) is 7.94. The van der Waals surface area contributed by atoms with Crippen molar-refractivity contribution in [2.45, 2.75) is 46.6 Å². The van der Waals surface area contributed by atoms with E-state index in [1.165, 1.54) is 24.2 Å². The smallest absolute Gasteiger partial charge is 0.429 e. The molecule has 0 aromatic carbocycles. The van der Waals surface area contributed by atoms with Crippen molar-refractivity contribution in [2.75, 3.05) is 27.2 Å². The molecule has 0 aromatic heterocycles. The number of hydrogen-bond donors (Lipinski definition) is 0. The molecule has 0 aromatic rings. The summed E-state index contributed by atoms with van der Waals surface area (Å²) in [5.41, 5.74) is -0.582. The van der Waals surface area contributed by atoms with E-state index in [-0.39, 0.29) is 6.03 Å². The largest absolute Gasteiger partial charge is 0.442 e. The molecule has 7 heteroatoms. The standard InChI is InChI=1S/C11H21N3O4.C2H6/c1-11(2,3)18-10(16)14-8-6-7-13(14)9(15)12(4)17-5;1-2/h6-8H2,1-5H3;1-2H3. The zero-order valence-corrected chi connectivity index (χ0v) is 13.6. The van der Waals surface area contributed by atoms with Gasteiger partial charge in [-0.25, -0.2) is 24.7 Å². The van der Waals surface area contributed by atoms with Crippen LogP contribution in [0, 0.1) is 0 Å². The van der Waals surface area contributed by atoms with Crippen molar-refractivity contribution in [3.63, 3.8) is 0 Å². The van der Waals surface area contributed by atoms with Gasteiger partial charge in [0.15, 0.2) is 0 Å². The number of amides is 3. The Bertz CT molecular complexity index is 328. The predicted molar refractivity (Wildman–Crippen MR) is 75.8 cm³/mol. The zero-order chi connectivity index (χ0) is 15.9. The molecule has 1 rings (SSSR count). The Morgan fingerprint density at radius 1 is 1.10 bits per heavy atom. The predicted octanol–water partition coefficient (Wildman–Crippen LogP) is 2.48. The van der Waals surface area contributed by atoms with Gasteiger partial charge in [-0.1, -0.05) is 13.8 Å². The Morgan fingerprint density at radius 2 is 1.60 bits per heavy atom. The molecule has 20 heavy (non-hydrogen) atoms. The van der Waals surface area contributed by atoms with Gasteiger partial charge < -0.3 is 4.74 Å². The SMILES string of the molecule is CC.CON(C)C(=O)N1CCCN1C(=O)OC(C)(C)C. The van der Waals surface area contributed by atoms with E-state index in [0.717, 1.165) is 11.5 Å². The summed E-state index contributed by atoms with van der Waals surface area (Å²) in [6, 6.07) is -0.388. The van der Waals surface area contributed by atoms with Crippen LogP contribution in [-0.2, 0) is 9.57 Å². The fraction of sp³-hybridized carbons (Fsp3) is 0.846. The van der Waals surface area contributed by atoms with Gasteiger partial charge in [0.2, 0.25) is 0 Å². The van der Waals surface area contributed by atoms with Crippen LogP contribution in [0.25, 0.3) is 0 Å². The third-order valence-corrected chi connectivity index (χ3v) is 2.40. The number of nitrogens with zero attached hydrogens (tertiary/aromatic N) is 3. The molecule has 0 radical (unpaired) electrons. The van der Waals surface area contributed by atoms with Crippen LogP contribution in [0.3, 0.4) is 0 Å². The molecule has 1 aliphatic heterocycles. The molecule has 0 saturated carbocycles. The molecule has 0 spiro atoms. The number of rotatable bonds is 1. The maximum Gasteiger partial charge on any atom is 0.429 e. The van der Waals surface area contributed by atoms with Crippen molar-refractivity contribution < 1.29 is 19.2 Å². The highest BCUT2D eigenvalue weighted by Crippen LogP contribution is 2.17. The molecule has 7 nitrogen and oxygen atoms in total. The minimum absolute atomic E-state index is 0.388. The highest BCUT2D eigenvalue weighted by atomic mass is 16.7. The van der Waals surface area contributed by atoms with Gasteiger partial charge in [0.1, 0.15) is 5.60 Å². The van der Waals surface area contributed by atoms with Gasteiger partial charge in [-0.05, 0) is 27.2 Å². The van der Waals surface area contributed by atoms with E-state index in [4.69, 9.17) is 9.57 Å². The first-order valence-corrected chi connectivity index (χ1v) is 6.86. The van der Waals surface area contributed by atoms with Gasteiger partial charge in [0.05, 0.1) is 7.11 Å². The van der Waals surface area contributed by atoms with Gasteiger partial charge in [0, 0.05) is 20.1 Å². The number of hydroxylamine groups is 2. The molecule has 3 amide bonds. The zero-order valence-electron chi connectivity index (χ0n) is 13.6. The summed E-state index contributed by atoms with van der Waals surface area (Å²) in [7, 11) is 2.89. The summed E-state index contributed by atoms with van der Waals surface area (Å²) in [6.07, 6.45) is 0.209. The number of carbonyl (C=O) groups excluding carboxylic acids is 2. The summed E-state index contributed by atoms with van der Waals surface area (Å²) in [4.78, 5) is 28.7. The molecular formula is C13H27N3O4. The molecule has 0 atom stereocenters. The highest BCUT2D eigenvalue weighted by Gasteiger charge is 2.35. The Kier molecular flexibility index (Phi) is 7.34. The molecule has 0 unspecified atom stereocenters. The lowest BCUT2D eigenvalue weighted by Crippen LogP contribution is -2.50. The summed E-state index contributed by atoms with van der Waals surface area (Å²) in [5.74, 6) is 0. The molecule has 0 N–H and O–H groups in total. The van der Waals surface area contributed by atoms with Gasteiger partial charge in [-0.15, -0.1) is 0 Å². The molecule has 0 bridgehead atoms. The minimum Gasteiger partial charge on any atom is -0.442 e. The first-order chi connectivity index (χ1) is 9.26. The number of urea groups is 1. The molecule has 0 aliphatic carbocycles. The van der Waals surface area contributed by atoms with Crippen molar-refractivity contribution in [3.05, 3.63) is 0 Å². The van der Waals surface area contributed by atoms with E-state index in [2.05, 4.69) is 0 Å². The maximum absolute atomic E-state index is 11.9. The number of carbonyl (C=O) groups is 2. The summed E-state index contributed by atoms with van der Waals surface area (Å²) < 4.78 is 5.25. The van der Waals surface area contributed by atoms with Crippen molar-refractivity contribution >= 4 is 12.1 Å². The Hall–Kier alpha value is -1.50. The number of hydrazine groups is 1. The molecule has 1 heterocycles. The average molecular weight is 289 g/mol. The maximum atomic E-state index is 11.9. The average Bonchev–Trinajstić information content (AvgIpc) is 2.86. The van der Waals surface area contributed by atoms with Crippen LogP contribution in [-0.4, -0.2) is 60.1 Å². The first kappa shape index (κ1) is 18.5. The van der Waals surface area contributed by atoms with Crippen LogP contribution in [0.4, 0.5) is 9.59 Å². The lowest BCUT2D eigenvalue weighted by molar-refractivity contribution is -0.0935. The topological polar surface area (TPSA) is 62.3 Å². The normalized spacial score (nSPS) is 14.6. The van der Waals surface area contributed by atoms with Crippen molar-refractivity contribution in [3.8, 4) is 0 Å². The summed E-state index contributed by atoms with van der Waals surface area (Å²) in [5, 5.41) is 3.71. The third kappa shape index (κ3) is 5.24. The molecule has 1 fully saturated rings. The second-order valence-electron chi connectivity index (χ2n) is 5.04. The molecule has 1 aliphatic rings. The number of ether oxygens (including phenoxy) is 1. The van der Waals surface area contributed by atoms with Crippen molar-refractivity contribution in [1.82, 2.24) is 15.1 Å². The van der Waals surface area contributed by atoms with E-state index in [1.807, 2.05) is 13.8 Å². The fourth-order valence-electron chi connectivity index (χ4n) is 1.56. The van der Waals surface area contributed by atoms with E-state index in [1.54, 1.807) is 20.8 Å². The monoisotopic (exact) mass is 289 g/mol. The minimum atomic E-state index is -0.582. The summed E-state index contributed by atoms with van der Waals surface area (Å²) >= 11 is 0. The first-order valence-electron chi connectivity index (χ1n) is 6.86. The van der Waals surface area contributed by atoms with Gasteiger partial charge in [0.25, 0.3) is 0 Å². The fourth-order valence-corrected chi connectivity index (χ4v) is 1.56.